The summed E-state index contributed by atoms with van der Waals surface area (Å²) in [7, 11) is 0. The molecule has 1 atom stereocenters. The van der Waals surface area contributed by atoms with Crippen molar-refractivity contribution >= 4 is 17.3 Å². The molecule has 1 aliphatic rings. The topological polar surface area (TPSA) is 107 Å². The average Bonchev–Trinajstić information content (AvgIpc) is 3.34. The van der Waals surface area contributed by atoms with Crippen LogP contribution in [0.1, 0.15) is 268 Å². The summed E-state index contributed by atoms with van der Waals surface area (Å²) in [4.78, 5) is 42.5. The number of nitrogens with zero attached hydrogens (tertiary/aromatic N) is 2. The Balaban J connectivity index is 0.0000231. The van der Waals surface area contributed by atoms with Gasteiger partial charge in [-0.3, -0.25) is 14.4 Å². The molecule has 0 bridgehead atoms. The second-order valence-electron chi connectivity index (χ2n) is 20.1. The van der Waals surface area contributed by atoms with Gasteiger partial charge < -0.3 is 34.1 Å². The van der Waals surface area contributed by atoms with E-state index in [4.69, 9.17) is 18.9 Å². The van der Waals surface area contributed by atoms with E-state index in [9.17, 15) is 14.4 Å². The molecule has 1 N–H and O–H groups in total. The van der Waals surface area contributed by atoms with Gasteiger partial charge in [-0.25, -0.2) is 0 Å². The average molecular weight is 965 g/mol. The Morgan fingerprint density at radius 1 is 0.574 bits per heavy atom. The largest absolute Gasteiger partial charge is 0.462 e. The van der Waals surface area contributed by atoms with Crippen LogP contribution in [0, 0.1) is 0 Å². The fourth-order valence-electron chi connectivity index (χ4n) is 9.67. The summed E-state index contributed by atoms with van der Waals surface area (Å²) in [5.74, 6) is 0.00956. The summed E-state index contributed by atoms with van der Waals surface area (Å²) in [6.45, 7) is 16.5. The lowest BCUT2D eigenvalue weighted by Crippen LogP contribution is -2.47. The molecule has 0 aromatic heterocycles. The normalized spacial score (nSPS) is 13.5. The van der Waals surface area contributed by atoms with Gasteiger partial charge >= 0.3 is 5.97 Å². The summed E-state index contributed by atoms with van der Waals surface area (Å²) < 4.78 is 23.6. The fourth-order valence-corrected chi connectivity index (χ4v) is 9.67. The zero-order chi connectivity index (χ0) is 48.3. The molecule has 1 aromatic rings. The van der Waals surface area contributed by atoms with E-state index in [1.807, 2.05) is 4.90 Å². The molecule has 0 saturated carbocycles. The number of hydrogen-bond acceptors (Lipinski definition) is 10. The van der Waals surface area contributed by atoms with Crippen molar-refractivity contribution in [2.45, 2.75) is 278 Å². The van der Waals surface area contributed by atoms with Crippen LogP contribution in [0.25, 0.3) is 0 Å². The van der Waals surface area contributed by atoms with Crippen molar-refractivity contribution in [3.05, 3.63) is 20.4 Å². The Bertz CT molecular complexity index is 1320. The Morgan fingerprint density at radius 3 is 1.59 bits per heavy atom. The maximum atomic E-state index is 12.9. The van der Waals surface area contributed by atoms with Gasteiger partial charge in [-0.2, -0.15) is 0 Å². The first-order valence-electron chi connectivity index (χ1n) is 29.0. The molecule has 0 radical (unpaired) electrons. The van der Waals surface area contributed by atoms with Crippen LogP contribution in [0.2, 0.25) is 0 Å². The van der Waals surface area contributed by atoms with Crippen LogP contribution in [-0.4, -0.2) is 89.0 Å². The number of hydrogen-bond donors (Lipinski definition) is 1. The third-order valence-electron chi connectivity index (χ3n) is 14.0. The molecule has 10 heteroatoms. The maximum absolute atomic E-state index is 12.9. The summed E-state index contributed by atoms with van der Waals surface area (Å²) in [6.07, 6.45) is 43.3. The summed E-state index contributed by atoms with van der Waals surface area (Å²) in [6, 6.07) is 0. The maximum Gasteiger partial charge on any atom is 0.306 e. The molecule has 0 amide bonds. The number of ether oxygens (including phenoxy) is 4. The SMILES string of the molecule is C.CCCCCCCCC(CCC)OCOCCCCCCCCN(CCCCCCCC(=O)OC(CCCCCCCC)CCCCCCCC)CCCNc1c(N2CCOCC2)c(=O)c1=O.[HH]. The smallest absolute Gasteiger partial charge is 0.306 e. The molecule has 402 valence electrons. The van der Waals surface area contributed by atoms with Crippen molar-refractivity contribution in [2.24, 2.45) is 0 Å². The van der Waals surface area contributed by atoms with Gasteiger partial charge in [0.05, 0.1) is 19.3 Å². The highest BCUT2D eigenvalue weighted by molar-refractivity contribution is 5.75. The molecule has 1 aromatic carbocycles. The third kappa shape index (κ3) is 32.8. The number of unbranched alkanes of at least 4 members (excludes halogenated alkanes) is 24. The van der Waals surface area contributed by atoms with Crippen LogP contribution in [0.3, 0.4) is 0 Å². The van der Waals surface area contributed by atoms with Gasteiger partial charge in [0.1, 0.15) is 24.3 Å². The summed E-state index contributed by atoms with van der Waals surface area (Å²) in [5, 5.41) is 3.33. The Labute approximate surface area is 421 Å². The van der Waals surface area contributed by atoms with Gasteiger partial charge in [0.25, 0.3) is 10.9 Å². The Hall–Kier alpha value is -2.01. The number of esters is 1. The lowest BCUT2D eigenvalue weighted by Gasteiger charge is -2.31. The predicted molar refractivity (Wildman–Crippen MR) is 293 cm³/mol. The molecule has 1 unspecified atom stereocenters. The molecule has 1 heterocycles. The van der Waals surface area contributed by atoms with Crippen LogP contribution >= 0.6 is 0 Å². The summed E-state index contributed by atoms with van der Waals surface area (Å²) >= 11 is 0. The minimum atomic E-state index is -0.382. The van der Waals surface area contributed by atoms with E-state index >= 15 is 0 Å². The zero-order valence-electron chi connectivity index (χ0n) is 44.4. The molecule has 0 aliphatic carbocycles. The molecule has 10 nitrogen and oxygen atoms in total. The fraction of sp³-hybridized carbons (Fsp3) is 0.914. The van der Waals surface area contributed by atoms with Gasteiger partial charge in [0.2, 0.25) is 0 Å². The second-order valence-corrected chi connectivity index (χ2v) is 20.1. The molecule has 68 heavy (non-hydrogen) atoms. The first-order chi connectivity index (χ1) is 32.9. The number of nitrogens with one attached hydrogen (secondary N) is 1. The van der Waals surface area contributed by atoms with Gasteiger partial charge in [0.15, 0.2) is 0 Å². The Kier molecular flexibility index (Phi) is 43.4. The molecule has 1 aliphatic heterocycles. The van der Waals surface area contributed by atoms with Crippen LogP contribution in [0.4, 0.5) is 11.4 Å². The second kappa shape index (κ2) is 46.1. The van der Waals surface area contributed by atoms with Crippen LogP contribution in [0.15, 0.2) is 9.59 Å². The lowest BCUT2D eigenvalue weighted by molar-refractivity contribution is -0.150. The van der Waals surface area contributed by atoms with Gasteiger partial charge in [0, 0.05) is 34.1 Å². The number of rotatable bonds is 50. The number of carbonyl (C=O) groups is 1. The van der Waals surface area contributed by atoms with Crippen LogP contribution in [0.5, 0.6) is 0 Å². The molecular formula is C58H113N3O7. The molecular weight excluding hydrogens is 851 g/mol. The van der Waals surface area contributed by atoms with E-state index in [2.05, 4.69) is 37.9 Å². The minimum Gasteiger partial charge on any atom is -0.462 e. The quantitative estimate of drug-likeness (QED) is 0.0294. The van der Waals surface area contributed by atoms with E-state index in [1.54, 1.807) is 0 Å². The van der Waals surface area contributed by atoms with Crippen molar-refractivity contribution < 1.29 is 25.2 Å². The van der Waals surface area contributed by atoms with Crippen molar-refractivity contribution in [1.82, 2.24) is 4.90 Å². The van der Waals surface area contributed by atoms with Crippen LogP contribution < -0.4 is 21.1 Å². The van der Waals surface area contributed by atoms with Crippen molar-refractivity contribution in [3.63, 3.8) is 0 Å². The van der Waals surface area contributed by atoms with E-state index in [0.29, 0.717) is 63.5 Å². The van der Waals surface area contributed by atoms with Crippen LogP contribution in [-0.2, 0) is 23.7 Å². The van der Waals surface area contributed by atoms with E-state index < -0.39 is 0 Å². The Morgan fingerprint density at radius 2 is 1.04 bits per heavy atom. The van der Waals surface area contributed by atoms with Crippen molar-refractivity contribution in [1.29, 1.82) is 0 Å². The number of carbonyl (C=O) groups excluding carboxylic acids is 1. The minimum absolute atomic E-state index is 0. The highest BCUT2D eigenvalue weighted by atomic mass is 16.7. The third-order valence-corrected chi connectivity index (χ3v) is 14.0. The molecule has 1 saturated heterocycles. The van der Waals surface area contributed by atoms with Crippen molar-refractivity contribution in [3.8, 4) is 0 Å². The number of morpholine rings is 1. The predicted octanol–water partition coefficient (Wildman–Crippen LogP) is 15.1. The first-order valence-corrected chi connectivity index (χ1v) is 29.0. The molecule has 1 fully saturated rings. The highest BCUT2D eigenvalue weighted by Gasteiger charge is 2.27. The van der Waals surface area contributed by atoms with E-state index in [0.717, 1.165) is 96.9 Å². The van der Waals surface area contributed by atoms with Crippen molar-refractivity contribution in [2.75, 3.05) is 76.1 Å². The van der Waals surface area contributed by atoms with E-state index in [1.165, 1.54) is 154 Å². The van der Waals surface area contributed by atoms with Gasteiger partial charge in [-0.05, 0) is 90.3 Å². The van der Waals surface area contributed by atoms with Gasteiger partial charge in [-0.15, -0.1) is 0 Å². The molecule has 2 rings (SSSR count). The zero-order valence-corrected chi connectivity index (χ0v) is 44.4. The number of anilines is 2. The van der Waals surface area contributed by atoms with E-state index in [-0.39, 0.29) is 31.8 Å². The van der Waals surface area contributed by atoms with Gasteiger partial charge in [-0.1, -0.05) is 189 Å². The lowest BCUT2D eigenvalue weighted by atomic mass is 10.0. The monoisotopic (exact) mass is 964 g/mol. The first kappa shape index (κ1) is 64.0. The molecule has 0 spiro atoms. The highest BCUT2D eigenvalue weighted by Crippen LogP contribution is 2.22. The summed E-state index contributed by atoms with van der Waals surface area (Å²) in [5.41, 5.74) is 0.303. The standard InChI is InChI=1S/C57H107N3O7.CH4.H2/c1-5-9-12-15-21-28-37-51(36-8-4)66-50-65-47-34-27-19-18-25-32-42-59(44-35-41-58-54-55(57(63)56(54)62)60-45-48-64-49-46-60)43-33-26-20-24-31-40-53(61)67-52(38-29-22-16-13-10-6-2)39-30-23-17-14-11-7-3;;/h51-52,58H,5-50H2,1-4H3;1H4;1H.